The number of aromatic amines is 1. The predicted molar refractivity (Wildman–Crippen MR) is 75.7 cm³/mol. The molecule has 5 nitrogen and oxygen atoms in total. The number of carbonyl (C=O) groups is 1. The van der Waals surface area contributed by atoms with E-state index < -0.39 is 12.1 Å². The minimum Gasteiger partial charge on any atom is -0.547 e. The topological polar surface area (TPSA) is 80.0 Å². The summed E-state index contributed by atoms with van der Waals surface area (Å²) in [5.41, 5.74) is 0. The van der Waals surface area contributed by atoms with Gasteiger partial charge < -0.3 is 15.0 Å². The minimum atomic E-state index is -1.44. The first-order valence-corrected chi connectivity index (χ1v) is 7.48. The molecule has 1 rings (SSSR count). The van der Waals surface area contributed by atoms with Crippen molar-refractivity contribution in [1.29, 1.82) is 0 Å². The Morgan fingerprint density at radius 3 is 2.25 bits per heavy atom. The number of hydrogen-bond donors (Lipinski definition) is 2. The summed E-state index contributed by atoms with van der Waals surface area (Å²) in [5.74, 6) is -1.44. The number of nitrogens with zero attached hydrogens (tertiary/aromatic N) is 1. The molecule has 0 saturated heterocycles. The van der Waals surface area contributed by atoms with Gasteiger partial charge in [0.2, 0.25) is 6.33 Å². The Hall–Kier alpha value is -1.36. The van der Waals surface area contributed by atoms with E-state index in [4.69, 9.17) is 5.11 Å². The third kappa shape index (κ3) is 11.7. The smallest absolute Gasteiger partial charge is 0.241 e. The second-order valence-corrected chi connectivity index (χ2v) is 4.97. The summed E-state index contributed by atoms with van der Waals surface area (Å²) >= 11 is 0. The van der Waals surface area contributed by atoms with E-state index in [0.717, 1.165) is 13.5 Å². The summed E-state index contributed by atoms with van der Waals surface area (Å²) in [7, 11) is 0. The molecule has 1 heterocycles. The number of aliphatic hydroxyl groups is 1. The van der Waals surface area contributed by atoms with E-state index in [1.165, 1.54) is 44.9 Å². The lowest BCUT2D eigenvalue weighted by Crippen LogP contribution is -2.32. The lowest BCUT2D eigenvalue weighted by Gasteiger charge is -2.00. The maximum absolute atomic E-state index is 9.34. The summed E-state index contributed by atoms with van der Waals surface area (Å²) in [6.45, 7) is 4.56. The number of carboxylic acid groups (broad SMARTS) is 1. The Balaban J connectivity index is 0.000000511. The van der Waals surface area contributed by atoms with Crippen LogP contribution in [-0.2, 0) is 11.3 Å². The fraction of sp³-hybridized carbons (Fsp3) is 0.733. The van der Waals surface area contributed by atoms with Crippen LogP contribution in [0.15, 0.2) is 18.7 Å². The molecule has 2 N–H and O–H groups in total. The van der Waals surface area contributed by atoms with Gasteiger partial charge in [0.15, 0.2) is 0 Å². The number of aliphatic carboxylic acids is 1. The molecule has 0 amide bonds. The molecule has 0 bridgehead atoms. The van der Waals surface area contributed by atoms with Crippen molar-refractivity contribution in [3.63, 3.8) is 0 Å². The van der Waals surface area contributed by atoms with Crippen molar-refractivity contribution >= 4 is 5.97 Å². The summed E-state index contributed by atoms with van der Waals surface area (Å²) in [6, 6.07) is 0. The van der Waals surface area contributed by atoms with E-state index in [1.54, 1.807) is 0 Å². The van der Waals surface area contributed by atoms with E-state index >= 15 is 0 Å². The minimum absolute atomic E-state index is 1.13. The van der Waals surface area contributed by atoms with Gasteiger partial charge in [-0.05, 0) is 19.8 Å². The zero-order valence-electron chi connectivity index (χ0n) is 12.7. The maximum Gasteiger partial charge on any atom is 0.241 e. The number of aliphatic hydroxyl groups excluding tert-OH is 1. The molecule has 1 unspecified atom stereocenters. The van der Waals surface area contributed by atoms with Crippen LogP contribution in [0.5, 0.6) is 0 Å². The zero-order chi connectivity index (χ0) is 15.2. The average molecular weight is 284 g/mol. The highest BCUT2D eigenvalue weighted by Crippen LogP contribution is 2.06. The Kier molecular flexibility index (Phi) is 11.8. The SMILES string of the molecule is CC(O)C(=O)[O-].CCCCCCCCC[n+]1cc[nH]c1. The molecule has 1 atom stereocenters. The standard InChI is InChI=1S/C12H22N2.C3H6O3/c1-2-3-4-5-6-7-8-10-14-11-9-13-12-14;1-2(4)3(5)6/h9,11-12H,2-8,10H2,1H3;2,4H,1H3,(H,5,6). The molecular weight excluding hydrogens is 256 g/mol. The number of nitrogens with one attached hydrogen (secondary N) is 1. The van der Waals surface area contributed by atoms with E-state index in [0.29, 0.717) is 0 Å². The van der Waals surface area contributed by atoms with Crippen LogP contribution in [0.4, 0.5) is 0 Å². The number of carboxylic acids is 1. The van der Waals surface area contributed by atoms with Crippen molar-refractivity contribution in [2.24, 2.45) is 0 Å². The Labute approximate surface area is 121 Å². The van der Waals surface area contributed by atoms with Gasteiger partial charge in [-0.15, -0.1) is 0 Å². The van der Waals surface area contributed by atoms with E-state index in [9.17, 15) is 9.90 Å². The molecule has 1 aromatic heterocycles. The third-order valence-corrected chi connectivity index (χ3v) is 2.96. The van der Waals surface area contributed by atoms with Gasteiger partial charge in [0.05, 0.1) is 18.6 Å². The number of unbranched alkanes of at least 4 members (excludes halogenated alkanes) is 6. The number of aryl methyl sites for hydroxylation is 1. The highest BCUT2D eigenvalue weighted by molar-refractivity contribution is 5.68. The Morgan fingerprint density at radius 1 is 1.25 bits per heavy atom. The lowest BCUT2D eigenvalue weighted by atomic mass is 10.1. The van der Waals surface area contributed by atoms with Gasteiger partial charge >= 0.3 is 0 Å². The first-order chi connectivity index (χ1) is 9.57. The number of aromatic nitrogens is 2. The zero-order valence-corrected chi connectivity index (χ0v) is 12.7. The number of H-pyrrole nitrogens is 1. The van der Waals surface area contributed by atoms with Crippen LogP contribution >= 0.6 is 0 Å². The molecule has 0 aliphatic rings. The molecule has 0 saturated carbocycles. The van der Waals surface area contributed by atoms with Gasteiger partial charge in [0, 0.05) is 0 Å². The summed E-state index contributed by atoms with van der Waals surface area (Å²) in [6.07, 6.45) is 14.5. The molecular formula is C15H28N2O3. The fourth-order valence-corrected chi connectivity index (χ4v) is 1.71. The van der Waals surface area contributed by atoms with Gasteiger partial charge in [-0.2, -0.15) is 0 Å². The molecule has 0 aliphatic heterocycles. The third-order valence-electron chi connectivity index (χ3n) is 2.96. The molecule has 0 aliphatic carbocycles. The summed E-state index contributed by atoms with van der Waals surface area (Å²) < 4.78 is 2.21. The van der Waals surface area contributed by atoms with Crippen molar-refractivity contribution in [3.05, 3.63) is 18.7 Å². The fourth-order valence-electron chi connectivity index (χ4n) is 1.71. The van der Waals surface area contributed by atoms with Crippen molar-refractivity contribution in [1.82, 2.24) is 4.98 Å². The summed E-state index contributed by atoms with van der Waals surface area (Å²) in [4.78, 5) is 12.4. The predicted octanol–water partition coefficient (Wildman–Crippen LogP) is 1.17. The van der Waals surface area contributed by atoms with Crippen LogP contribution in [0, 0.1) is 0 Å². The van der Waals surface area contributed by atoms with Crippen LogP contribution in [-0.4, -0.2) is 22.2 Å². The van der Waals surface area contributed by atoms with Gasteiger partial charge in [-0.25, -0.2) is 4.57 Å². The molecule has 0 aromatic carbocycles. The number of imidazole rings is 1. The molecule has 0 radical (unpaired) electrons. The largest absolute Gasteiger partial charge is 0.547 e. The normalized spacial score (nSPS) is 11.6. The molecule has 0 spiro atoms. The second kappa shape index (κ2) is 12.7. The Morgan fingerprint density at radius 2 is 1.80 bits per heavy atom. The second-order valence-electron chi connectivity index (χ2n) is 4.97. The van der Waals surface area contributed by atoms with Crippen LogP contribution in [0.1, 0.15) is 58.8 Å². The number of carbonyl (C=O) groups excluding carboxylic acids is 1. The van der Waals surface area contributed by atoms with Gasteiger partial charge in [0.1, 0.15) is 12.4 Å². The van der Waals surface area contributed by atoms with Crippen molar-refractivity contribution < 1.29 is 19.6 Å². The van der Waals surface area contributed by atoms with E-state index in [1.807, 2.05) is 12.5 Å². The van der Waals surface area contributed by atoms with Crippen LogP contribution in [0.2, 0.25) is 0 Å². The Bertz CT molecular complexity index is 324. The van der Waals surface area contributed by atoms with Crippen LogP contribution in [0.25, 0.3) is 0 Å². The lowest BCUT2D eigenvalue weighted by molar-refractivity contribution is -0.696. The quantitative estimate of drug-likeness (QED) is 0.527. The molecule has 0 fully saturated rings. The number of hydrogen-bond acceptors (Lipinski definition) is 3. The maximum atomic E-state index is 9.34. The first-order valence-electron chi connectivity index (χ1n) is 7.48. The van der Waals surface area contributed by atoms with E-state index in [2.05, 4.69) is 22.7 Å². The van der Waals surface area contributed by atoms with Gasteiger partial charge in [0.25, 0.3) is 0 Å². The molecule has 5 heteroatoms. The molecule has 1 aromatic rings. The van der Waals surface area contributed by atoms with Crippen molar-refractivity contribution in [2.45, 2.75) is 71.4 Å². The van der Waals surface area contributed by atoms with Crippen molar-refractivity contribution in [2.75, 3.05) is 0 Å². The van der Waals surface area contributed by atoms with E-state index in [-0.39, 0.29) is 0 Å². The summed E-state index contributed by atoms with van der Waals surface area (Å²) in [5, 5.41) is 17.3. The van der Waals surface area contributed by atoms with Crippen molar-refractivity contribution in [3.8, 4) is 0 Å². The number of rotatable bonds is 9. The highest BCUT2D eigenvalue weighted by Gasteiger charge is 1.96. The van der Waals surface area contributed by atoms with Crippen LogP contribution in [0.3, 0.4) is 0 Å². The highest BCUT2D eigenvalue weighted by atomic mass is 16.4. The molecule has 20 heavy (non-hydrogen) atoms. The average Bonchev–Trinajstić information content (AvgIpc) is 2.91. The van der Waals surface area contributed by atoms with Gasteiger partial charge in [-0.3, -0.25) is 4.98 Å². The van der Waals surface area contributed by atoms with Crippen LogP contribution < -0.4 is 9.67 Å². The first kappa shape index (κ1) is 18.6. The van der Waals surface area contributed by atoms with Gasteiger partial charge in [-0.1, -0.05) is 39.0 Å². The molecule has 116 valence electrons. The monoisotopic (exact) mass is 284 g/mol.